The normalized spacial score (nSPS) is 10.8. The zero-order valence-corrected chi connectivity index (χ0v) is 10.8. The van der Waals surface area contributed by atoms with Crippen molar-refractivity contribution >= 4 is 13.4 Å². The molecule has 92 valence electrons. The van der Waals surface area contributed by atoms with Crippen molar-refractivity contribution in [2.45, 2.75) is 86.9 Å². The van der Waals surface area contributed by atoms with Crippen molar-refractivity contribution in [3.8, 4) is 0 Å². The average Bonchev–Trinajstić information content (AvgIpc) is 2.01. The summed E-state index contributed by atoms with van der Waals surface area (Å²) >= 11 is 0. The highest BCUT2D eigenvalue weighted by Crippen LogP contribution is 2.40. The van der Waals surface area contributed by atoms with Gasteiger partial charge in [-0.05, 0) is 0 Å². The maximum Gasteiger partial charge on any atom is 0.137 e. The van der Waals surface area contributed by atoms with Gasteiger partial charge in [-0.1, -0.05) is 86.9 Å². The maximum atomic E-state index is 2.42. The van der Waals surface area contributed by atoms with Gasteiger partial charge in [0.15, 0.2) is 0 Å². The molecule has 0 saturated carbocycles. The zero-order valence-electron chi connectivity index (χ0n) is 10.8. The Morgan fingerprint density at radius 3 is 1.07 bits per heavy atom. The van der Waals surface area contributed by atoms with Crippen LogP contribution in [0.3, 0.4) is 0 Å². The van der Waals surface area contributed by atoms with E-state index in [1.54, 1.807) is 0 Å². The van der Waals surface area contributed by atoms with Crippen molar-refractivity contribution in [3.05, 3.63) is 0 Å². The first-order chi connectivity index (χ1) is 5.71. The van der Waals surface area contributed by atoms with Gasteiger partial charge in [-0.3, -0.25) is 0 Å². The third-order valence-corrected chi connectivity index (χ3v) is 4.35. The minimum atomic E-state index is 0. The first-order valence-corrected chi connectivity index (χ1v) is 5.71. The van der Waals surface area contributed by atoms with E-state index in [2.05, 4.69) is 55.2 Å². The van der Waals surface area contributed by atoms with Crippen LogP contribution in [0.5, 0.6) is 0 Å². The Morgan fingerprint density at radius 1 is 0.733 bits per heavy atom. The lowest BCUT2D eigenvalue weighted by Gasteiger charge is -2.38. The molecule has 0 aliphatic heterocycles. The van der Waals surface area contributed by atoms with Gasteiger partial charge in [-0.15, -0.1) is 0 Å². The third kappa shape index (κ3) is 5.13. The van der Waals surface area contributed by atoms with Crippen LogP contribution < -0.4 is 0 Å². The molecule has 0 heterocycles. The summed E-state index contributed by atoms with van der Waals surface area (Å²) in [5.41, 5.74) is 0. The zero-order chi connectivity index (χ0) is 10.8. The van der Waals surface area contributed by atoms with Crippen molar-refractivity contribution in [1.82, 2.24) is 0 Å². The minimum absolute atomic E-state index is 0. The largest absolute Gasteiger partial charge is 0.137 e. The second kappa shape index (κ2) is 7.41. The van der Waals surface area contributed by atoms with E-state index in [1.165, 1.54) is 0 Å². The Labute approximate surface area is 101 Å². The highest BCUT2D eigenvalue weighted by atomic mass is 14.1. The van der Waals surface area contributed by atoms with Gasteiger partial charge in [0.25, 0.3) is 0 Å². The van der Waals surface area contributed by atoms with E-state index in [1.807, 2.05) is 0 Å². The summed E-state index contributed by atoms with van der Waals surface area (Å²) in [6, 6.07) is 0. The Hall–Kier alpha value is 0.130. The lowest BCUT2D eigenvalue weighted by Crippen LogP contribution is -2.40. The smallest absolute Gasteiger partial charge is 0.0860 e. The first-order valence-electron chi connectivity index (χ1n) is 5.71. The molecule has 0 bridgehead atoms. The molecule has 15 heavy (non-hydrogen) atoms. The molecule has 0 aromatic carbocycles. The Bertz CT molecular complexity index is 135. The predicted octanol–water partition coefficient (Wildman–Crippen LogP) is 5.65. The van der Waals surface area contributed by atoms with E-state index in [-0.39, 0.29) is 14.9 Å². The van der Waals surface area contributed by atoms with Gasteiger partial charge in [0.05, 0.1) is 0 Å². The van der Waals surface area contributed by atoms with Gasteiger partial charge in [-0.2, -0.15) is 0 Å². The summed E-state index contributed by atoms with van der Waals surface area (Å²) in [4.78, 5) is 0. The fourth-order valence-corrected chi connectivity index (χ4v) is 2.13. The Balaban J connectivity index is -0.000000720. The van der Waals surface area contributed by atoms with Crippen LogP contribution in [-0.4, -0.2) is 13.4 Å². The third-order valence-electron chi connectivity index (χ3n) is 4.35. The second-order valence-electron chi connectivity index (χ2n) is 5.89. The average molecular weight is 212 g/mol. The van der Waals surface area contributed by atoms with Crippen LogP contribution in [0.15, 0.2) is 0 Å². The number of hydrogen-bond acceptors (Lipinski definition) is 0. The molecule has 0 aliphatic rings. The van der Waals surface area contributed by atoms with Crippen LogP contribution in [0.1, 0.15) is 56.4 Å². The van der Waals surface area contributed by atoms with E-state index in [4.69, 9.17) is 0 Å². The molecule has 0 atom stereocenters. The second-order valence-corrected chi connectivity index (χ2v) is 5.89. The summed E-state index contributed by atoms with van der Waals surface area (Å²) in [6.07, 6.45) is 0. The summed E-state index contributed by atoms with van der Waals surface area (Å²) in [5, 5.41) is 0.461. The van der Waals surface area contributed by atoms with Crippen molar-refractivity contribution in [1.29, 1.82) is 0 Å². The summed E-state index contributed by atoms with van der Waals surface area (Å²) < 4.78 is 0. The van der Waals surface area contributed by atoms with Crippen LogP contribution in [0.25, 0.3) is 0 Å². The molecule has 0 fully saturated rings. The standard InChI is InChI=1S/C11H26B2.2CH4/c1-9(2)12(7)11(5,6)13(8)10(3)4;;/h9-10H,1-8H3;2*1H4. The highest BCUT2D eigenvalue weighted by molar-refractivity contribution is 6.82. The molecule has 0 aliphatic carbocycles. The van der Waals surface area contributed by atoms with Crippen LogP contribution in [0.4, 0.5) is 0 Å². The van der Waals surface area contributed by atoms with Crippen molar-refractivity contribution < 1.29 is 0 Å². The van der Waals surface area contributed by atoms with Gasteiger partial charge in [-0.25, -0.2) is 0 Å². The van der Waals surface area contributed by atoms with Crippen LogP contribution >= 0.6 is 0 Å². The van der Waals surface area contributed by atoms with Gasteiger partial charge in [0.1, 0.15) is 13.4 Å². The Morgan fingerprint density at radius 2 is 0.933 bits per heavy atom. The summed E-state index contributed by atoms with van der Waals surface area (Å²) in [7, 11) is 0. The Kier molecular flexibility index (Phi) is 10.1. The quantitative estimate of drug-likeness (QED) is 0.528. The molecule has 2 heteroatoms. The van der Waals surface area contributed by atoms with Crippen LogP contribution in [0, 0.1) is 0 Å². The SMILES string of the molecule is C.C.CB(C(C)C)C(C)(C)B(C)C(C)C. The molecule has 0 radical (unpaired) electrons. The topological polar surface area (TPSA) is 0 Å². The molecule has 0 N–H and O–H groups in total. The van der Waals surface area contributed by atoms with E-state index in [0.717, 1.165) is 25.1 Å². The van der Waals surface area contributed by atoms with Gasteiger partial charge >= 0.3 is 0 Å². The van der Waals surface area contributed by atoms with Crippen molar-refractivity contribution in [2.24, 2.45) is 0 Å². The molecule has 0 amide bonds. The fraction of sp³-hybridized carbons (Fsp3) is 1.00. The van der Waals surface area contributed by atoms with E-state index < -0.39 is 0 Å². The predicted molar refractivity (Wildman–Crippen MR) is 80.9 cm³/mol. The van der Waals surface area contributed by atoms with Gasteiger partial charge in [0.2, 0.25) is 0 Å². The lowest BCUT2D eigenvalue weighted by atomic mass is 9.11. The molecule has 0 rings (SSSR count). The summed E-state index contributed by atoms with van der Waals surface area (Å²) in [5.74, 6) is 1.58. The molecular formula is C13H34B2. The number of hydrogen-bond donors (Lipinski definition) is 0. The first kappa shape index (κ1) is 20.5. The van der Waals surface area contributed by atoms with E-state index in [9.17, 15) is 0 Å². The highest BCUT2D eigenvalue weighted by Gasteiger charge is 2.38. The molecule has 0 nitrogen and oxygen atoms in total. The van der Waals surface area contributed by atoms with E-state index >= 15 is 0 Å². The number of rotatable bonds is 4. The molecule has 0 spiro atoms. The molecule has 0 unspecified atom stereocenters. The van der Waals surface area contributed by atoms with Gasteiger partial charge < -0.3 is 0 Å². The fourth-order valence-electron chi connectivity index (χ4n) is 2.13. The molecular weight excluding hydrogens is 178 g/mol. The maximum absolute atomic E-state index is 2.42. The minimum Gasteiger partial charge on any atom is -0.0860 e. The molecule has 0 aromatic heterocycles. The molecule has 0 aromatic rings. The monoisotopic (exact) mass is 212 g/mol. The van der Waals surface area contributed by atoms with Crippen molar-refractivity contribution in [3.63, 3.8) is 0 Å². The lowest BCUT2D eigenvalue weighted by molar-refractivity contribution is 0.823. The van der Waals surface area contributed by atoms with Crippen LogP contribution in [-0.2, 0) is 0 Å². The van der Waals surface area contributed by atoms with Crippen LogP contribution in [0.2, 0.25) is 30.5 Å². The van der Waals surface area contributed by atoms with E-state index in [0.29, 0.717) is 5.21 Å². The van der Waals surface area contributed by atoms with Crippen molar-refractivity contribution in [2.75, 3.05) is 0 Å². The van der Waals surface area contributed by atoms with Gasteiger partial charge in [0, 0.05) is 0 Å². The molecule has 0 saturated heterocycles. The summed E-state index contributed by atoms with van der Waals surface area (Å²) in [6.45, 7) is 20.5.